The maximum Gasteiger partial charge on any atom is 0.257 e. The van der Waals surface area contributed by atoms with Gasteiger partial charge in [-0.2, -0.15) is 0 Å². The molecule has 1 aromatic carbocycles. The van der Waals surface area contributed by atoms with Gasteiger partial charge in [-0.3, -0.25) is 9.59 Å². The van der Waals surface area contributed by atoms with E-state index in [-0.39, 0.29) is 30.4 Å². The van der Waals surface area contributed by atoms with Gasteiger partial charge in [0.05, 0.1) is 11.9 Å². The van der Waals surface area contributed by atoms with Gasteiger partial charge in [0.1, 0.15) is 5.75 Å². The summed E-state index contributed by atoms with van der Waals surface area (Å²) in [6.45, 7) is 3.99. The van der Waals surface area contributed by atoms with Crippen LogP contribution < -0.4 is 15.4 Å². The molecule has 26 heavy (non-hydrogen) atoms. The van der Waals surface area contributed by atoms with Crippen LogP contribution in [0.2, 0.25) is 5.02 Å². The number of ether oxygens (including phenoxy) is 1. The summed E-state index contributed by atoms with van der Waals surface area (Å²) in [6.07, 6.45) is 0.761. The van der Waals surface area contributed by atoms with Crippen LogP contribution in [-0.4, -0.2) is 60.6 Å². The number of aryl methyl sites for hydroxylation is 1. The van der Waals surface area contributed by atoms with E-state index in [4.69, 9.17) is 16.3 Å². The summed E-state index contributed by atoms with van der Waals surface area (Å²) in [7, 11) is 0. The Morgan fingerprint density at radius 1 is 1.46 bits per heavy atom. The third kappa shape index (κ3) is 5.05. The minimum atomic E-state index is -0.162. The molecule has 2 atom stereocenters. The molecule has 0 radical (unpaired) electrons. The third-order valence-corrected chi connectivity index (χ3v) is 5.87. The number of nitrogens with one attached hydrogen (secondary N) is 2. The molecular weight excluding hydrogens is 374 g/mol. The molecule has 8 heteroatoms. The number of rotatable bonds is 6. The van der Waals surface area contributed by atoms with Crippen LogP contribution in [0.4, 0.5) is 0 Å². The van der Waals surface area contributed by atoms with E-state index in [0.717, 1.165) is 36.7 Å². The van der Waals surface area contributed by atoms with E-state index < -0.39 is 0 Å². The maximum absolute atomic E-state index is 12.4. The van der Waals surface area contributed by atoms with Gasteiger partial charge in [-0.25, -0.2) is 0 Å². The van der Waals surface area contributed by atoms with E-state index in [0.29, 0.717) is 17.3 Å². The Morgan fingerprint density at radius 2 is 2.31 bits per heavy atom. The lowest BCUT2D eigenvalue weighted by atomic mass is 10.1. The minimum Gasteiger partial charge on any atom is -0.484 e. The first kappa shape index (κ1) is 19.3. The van der Waals surface area contributed by atoms with Crippen molar-refractivity contribution < 1.29 is 14.3 Å². The summed E-state index contributed by atoms with van der Waals surface area (Å²) in [6, 6.07) is 5.18. The number of halogens is 1. The quantitative estimate of drug-likeness (QED) is 0.763. The molecule has 0 saturated carbocycles. The first-order valence-electron chi connectivity index (χ1n) is 8.78. The van der Waals surface area contributed by atoms with Crippen LogP contribution in [0.25, 0.3) is 0 Å². The lowest BCUT2D eigenvalue weighted by Crippen LogP contribution is -2.42. The van der Waals surface area contributed by atoms with Gasteiger partial charge in [0.15, 0.2) is 6.61 Å². The largest absolute Gasteiger partial charge is 0.484 e. The molecule has 0 bridgehead atoms. The van der Waals surface area contributed by atoms with Gasteiger partial charge in [0.25, 0.3) is 5.91 Å². The second-order valence-corrected chi connectivity index (χ2v) is 8.22. The summed E-state index contributed by atoms with van der Waals surface area (Å²) in [5.41, 5.74) is 0.895. The maximum atomic E-state index is 12.4. The van der Waals surface area contributed by atoms with Crippen LogP contribution >= 0.6 is 23.4 Å². The van der Waals surface area contributed by atoms with E-state index in [9.17, 15) is 9.59 Å². The van der Waals surface area contributed by atoms with Crippen molar-refractivity contribution in [2.24, 2.45) is 5.92 Å². The van der Waals surface area contributed by atoms with E-state index in [1.165, 1.54) is 0 Å². The molecule has 2 heterocycles. The molecule has 2 aliphatic rings. The Kier molecular flexibility index (Phi) is 6.67. The van der Waals surface area contributed by atoms with Crippen LogP contribution in [0.3, 0.4) is 0 Å². The molecule has 2 fully saturated rings. The van der Waals surface area contributed by atoms with Crippen LogP contribution in [0.5, 0.6) is 5.75 Å². The van der Waals surface area contributed by atoms with Gasteiger partial charge in [0, 0.05) is 30.4 Å². The fourth-order valence-corrected chi connectivity index (χ4v) is 4.37. The molecule has 2 saturated heterocycles. The highest BCUT2D eigenvalue weighted by Crippen LogP contribution is 2.22. The Labute approximate surface area is 163 Å². The molecule has 1 aromatic rings. The van der Waals surface area contributed by atoms with E-state index in [1.54, 1.807) is 30.0 Å². The van der Waals surface area contributed by atoms with Crippen molar-refractivity contribution >= 4 is 35.2 Å². The Morgan fingerprint density at radius 3 is 3.04 bits per heavy atom. The zero-order chi connectivity index (χ0) is 18.5. The number of hydrogen-bond donors (Lipinski definition) is 2. The van der Waals surface area contributed by atoms with Crippen molar-refractivity contribution in [1.82, 2.24) is 15.5 Å². The van der Waals surface area contributed by atoms with Crippen molar-refractivity contribution in [2.45, 2.75) is 19.4 Å². The van der Waals surface area contributed by atoms with Crippen LogP contribution in [0.1, 0.15) is 12.0 Å². The molecular formula is C18H24ClN3O3S. The number of nitrogens with zero attached hydrogens (tertiary/aromatic N) is 1. The molecule has 2 aliphatic heterocycles. The predicted molar refractivity (Wildman–Crippen MR) is 104 cm³/mol. The molecule has 6 nitrogen and oxygen atoms in total. The van der Waals surface area contributed by atoms with Gasteiger partial charge >= 0.3 is 0 Å². The van der Waals surface area contributed by atoms with Crippen LogP contribution in [-0.2, 0) is 9.59 Å². The van der Waals surface area contributed by atoms with Gasteiger partial charge in [-0.1, -0.05) is 11.6 Å². The second kappa shape index (κ2) is 8.97. The molecule has 0 aliphatic carbocycles. The molecule has 0 aromatic heterocycles. The zero-order valence-electron chi connectivity index (χ0n) is 14.8. The van der Waals surface area contributed by atoms with Crippen molar-refractivity contribution in [1.29, 1.82) is 0 Å². The Hall–Kier alpha value is -1.44. The summed E-state index contributed by atoms with van der Waals surface area (Å²) in [4.78, 5) is 26.3. The van der Waals surface area contributed by atoms with Crippen LogP contribution in [0.15, 0.2) is 18.2 Å². The SMILES string of the molecule is Cc1cc(Cl)ccc1OCC(=O)NCC1CNC(C(=O)N2CCSC2)C1. The Balaban J connectivity index is 1.37. The highest BCUT2D eigenvalue weighted by Gasteiger charge is 2.33. The summed E-state index contributed by atoms with van der Waals surface area (Å²) in [5.74, 6) is 2.75. The molecule has 2 amide bonds. The van der Waals surface area contributed by atoms with Crippen molar-refractivity contribution in [3.05, 3.63) is 28.8 Å². The standard InChI is InChI=1S/C18H24ClN3O3S/c1-12-6-14(19)2-3-16(12)25-10-17(23)21-9-13-7-15(20-8-13)18(24)22-4-5-26-11-22/h2-3,6,13,15,20H,4-5,7-11H2,1H3,(H,21,23). The van der Waals surface area contributed by atoms with Crippen LogP contribution in [0, 0.1) is 12.8 Å². The normalized spacial score (nSPS) is 22.5. The molecule has 3 rings (SSSR count). The average molecular weight is 398 g/mol. The van der Waals surface area contributed by atoms with Crippen molar-refractivity contribution in [3.63, 3.8) is 0 Å². The van der Waals surface area contributed by atoms with Crippen molar-refractivity contribution in [2.75, 3.05) is 37.9 Å². The van der Waals surface area contributed by atoms with Crippen molar-refractivity contribution in [3.8, 4) is 5.75 Å². The predicted octanol–water partition coefficient (Wildman–Crippen LogP) is 1.65. The zero-order valence-corrected chi connectivity index (χ0v) is 16.4. The van der Waals surface area contributed by atoms with Gasteiger partial charge in [-0.15, -0.1) is 11.8 Å². The van der Waals surface area contributed by atoms with E-state index in [1.807, 2.05) is 11.8 Å². The van der Waals surface area contributed by atoms with E-state index in [2.05, 4.69) is 10.6 Å². The number of benzene rings is 1. The lowest BCUT2D eigenvalue weighted by Gasteiger charge is -2.19. The number of thioether (sulfide) groups is 1. The number of carbonyl (C=O) groups is 2. The average Bonchev–Trinajstić information content (AvgIpc) is 3.30. The topological polar surface area (TPSA) is 70.7 Å². The first-order chi connectivity index (χ1) is 12.5. The number of hydrogen-bond acceptors (Lipinski definition) is 5. The fraction of sp³-hybridized carbons (Fsp3) is 0.556. The molecule has 142 valence electrons. The van der Waals surface area contributed by atoms with Gasteiger partial charge in [-0.05, 0) is 43.0 Å². The number of carbonyl (C=O) groups excluding carboxylic acids is 2. The molecule has 0 spiro atoms. The Bertz CT molecular complexity index is 667. The highest BCUT2D eigenvalue weighted by molar-refractivity contribution is 7.99. The van der Waals surface area contributed by atoms with E-state index >= 15 is 0 Å². The molecule has 2 N–H and O–H groups in total. The van der Waals surface area contributed by atoms with Gasteiger partial charge < -0.3 is 20.3 Å². The monoisotopic (exact) mass is 397 g/mol. The fourth-order valence-electron chi connectivity index (χ4n) is 3.19. The first-order valence-corrected chi connectivity index (χ1v) is 10.3. The highest BCUT2D eigenvalue weighted by atomic mass is 35.5. The third-order valence-electron chi connectivity index (χ3n) is 4.67. The summed E-state index contributed by atoms with van der Waals surface area (Å²) >= 11 is 7.70. The summed E-state index contributed by atoms with van der Waals surface area (Å²) < 4.78 is 5.55. The second-order valence-electron chi connectivity index (χ2n) is 6.70. The van der Waals surface area contributed by atoms with Gasteiger partial charge in [0.2, 0.25) is 5.91 Å². The lowest BCUT2D eigenvalue weighted by molar-refractivity contribution is -0.131. The smallest absolute Gasteiger partial charge is 0.257 e. The molecule has 2 unspecified atom stereocenters. The summed E-state index contributed by atoms with van der Waals surface area (Å²) in [5, 5.41) is 6.82. The minimum absolute atomic E-state index is 0.0318. The number of amides is 2.